The summed E-state index contributed by atoms with van der Waals surface area (Å²) < 4.78 is 31.1. The fourth-order valence-corrected chi connectivity index (χ4v) is 2.76. The first-order valence-electron chi connectivity index (χ1n) is 5.29. The minimum atomic E-state index is -3.68. The summed E-state index contributed by atoms with van der Waals surface area (Å²) in [5.74, 6) is 0.353. The summed E-state index contributed by atoms with van der Waals surface area (Å²) in [5, 5.41) is 3.80. The Bertz CT molecular complexity index is 657. The molecule has 0 fully saturated rings. The molecule has 0 aliphatic rings. The molecule has 0 unspecified atom stereocenters. The molecule has 0 radical (unpaired) electrons. The first-order valence-corrected chi connectivity index (χ1v) is 7.15. The fraction of sp³-hybridized carbons (Fsp3) is 0.200. The van der Waals surface area contributed by atoms with Gasteiger partial charge in [-0.05, 0) is 18.2 Å². The van der Waals surface area contributed by atoms with E-state index in [1.807, 2.05) is 0 Å². The monoisotopic (exact) mass is 302 g/mol. The lowest BCUT2D eigenvalue weighted by Gasteiger charge is -2.08. The Morgan fingerprint density at radius 3 is 2.84 bits per heavy atom. The normalized spacial score (nSPS) is 11.6. The maximum Gasteiger partial charge on any atom is 0.242 e. The van der Waals surface area contributed by atoms with Crippen molar-refractivity contribution in [2.24, 2.45) is 0 Å². The number of aromatic nitrogens is 2. The highest BCUT2D eigenvalue weighted by atomic mass is 35.5. The van der Waals surface area contributed by atoms with Gasteiger partial charge in [-0.1, -0.05) is 16.8 Å². The smallest absolute Gasteiger partial charge is 0.242 e. The summed E-state index contributed by atoms with van der Waals surface area (Å²) in [6.45, 7) is 0.132. The van der Waals surface area contributed by atoms with Crippen LogP contribution < -0.4 is 10.5 Å². The molecule has 1 aromatic heterocycles. The first-order chi connectivity index (χ1) is 8.99. The van der Waals surface area contributed by atoms with E-state index in [0.717, 1.165) is 0 Å². The molecule has 1 aromatic carbocycles. The van der Waals surface area contributed by atoms with Crippen molar-refractivity contribution in [3.8, 4) is 0 Å². The topological polar surface area (TPSA) is 111 Å². The van der Waals surface area contributed by atoms with E-state index in [-0.39, 0.29) is 17.1 Å². The molecule has 0 saturated heterocycles. The zero-order valence-corrected chi connectivity index (χ0v) is 11.3. The number of nitrogens with zero attached hydrogens (tertiary/aromatic N) is 2. The summed E-state index contributed by atoms with van der Waals surface area (Å²) >= 11 is 5.72. The van der Waals surface area contributed by atoms with Crippen LogP contribution in [0.15, 0.2) is 33.9 Å². The van der Waals surface area contributed by atoms with Gasteiger partial charge in [0, 0.05) is 18.0 Å². The number of hydrogen-bond donors (Lipinski definition) is 2. The SMILES string of the molecule is Nc1cc(Cl)ccc1S(=O)(=O)NCCc1ncno1. The number of nitrogens with one attached hydrogen (secondary N) is 1. The van der Waals surface area contributed by atoms with Crippen LogP contribution in [0.1, 0.15) is 5.89 Å². The Morgan fingerprint density at radius 2 is 2.21 bits per heavy atom. The van der Waals surface area contributed by atoms with E-state index in [1.54, 1.807) is 0 Å². The summed E-state index contributed by atoms with van der Waals surface area (Å²) in [7, 11) is -3.68. The Morgan fingerprint density at radius 1 is 1.42 bits per heavy atom. The predicted molar refractivity (Wildman–Crippen MR) is 69.1 cm³/mol. The Balaban J connectivity index is 2.05. The van der Waals surface area contributed by atoms with Gasteiger partial charge < -0.3 is 10.3 Å². The predicted octanol–water partition coefficient (Wildman–Crippen LogP) is 0.826. The molecule has 2 aromatic rings. The van der Waals surface area contributed by atoms with Crippen molar-refractivity contribution in [2.75, 3.05) is 12.3 Å². The van der Waals surface area contributed by atoms with E-state index in [2.05, 4.69) is 14.9 Å². The maximum absolute atomic E-state index is 12.0. The molecule has 0 aliphatic carbocycles. The molecule has 9 heteroatoms. The van der Waals surface area contributed by atoms with Gasteiger partial charge >= 0.3 is 0 Å². The van der Waals surface area contributed by atoms with Crippen molar-refractivity contribution >= 4 is 27.3 Å². The third-order valence-corrected chi connectivity index (χ3v) is 4.07. The van der Waals surface area contributed by atoms with E-state index in [0.29, 0.717) is 17.3 Å². The van der Waals surface area contributed by atoms with Gasteiger partial charge in [0.1, 0.15) is 4.90 Å². The summed E-state index contributed by atoms with van der Waals surface area (Å²) in [4.78, 5) is 3.77. The third kappa shape index (κ3) is 3.43. The second kappa shape index (κ2) is 5.55. The minimum Gasteiger partial charge on any atom is -0.398 e. The second-order valence-corrected chi connectivity index (χ2v) is 5.84. The minimum absolute atomic E-state index is 0.0116. The molecule has 7 nitrogen and oxygen atoms in total. The van der Waals surface area contributed by atoms with Crippen LogP contribution in [0.4, 0.5) is 5.69 Å². The molecule has 0 amide bonds. The third-order valence-electron chi connectivity index (χ3n) is 2.30. The number of hydrogen-bond acceptors (Lipinski definition) is 6. The zero-order chi connectivity index (χ0) is 13.9. The zero-order valence-electron chi connectivity index (χ0n) is 9.71. The molecule has 1 heterocycles. The second-order valence-electron chi connectivity index (χ2n) is 3.66. The highest BCUT2D eigenvalue weighted by Gasteiger charge is 2.17. The van der Waals surface area contributed by atoms with Crippen molar-refractivity contribution in [1.29, 1.82) is 0 Å². The fourth-order valence-electron chi connectivity index (χ4n) is 1.44. The number of nitrogen functional groups attached to an aromatic ring is 1. The van der Waals surface area contributed by atoms with Crippen LogP contribution in [-0.4, -0.2) is 25.1 Å². The van der Waals surface area contributed by atoms with Gasteiger partial charge in [0.25, 0.3) is 0 Å². The van der Waals surface area contributed by atoms with Crippen LogP contribution in [0.25, 0.3) is 0 Å². The molecule has 0 aliphatic heterocycles. The quantitative estimate of drug-likeness (QED) is 0.791. The summed E-state index contributed by atoms with van der Waals surface area (Å²) in [6, 6.07) is 4.20. The Labute approximate surface area is 114 Å². The molecule has 2 rings (SSSR count). The molecule has 0 spiro atoms. The number of benzene rings is 1. The van der Waals surface area contributed by atoms with Crippen LogP contribution in [0.3, 0.4) is 0 Å². The van der Waals surface area contributed by atoms with Gasteiger partial charge in [0.2, 0.25) is 15.9 Å². The lowest BCUT2D eigenvalue weighted by Crippen LogP contribution is -2.26. The molecular formula is C10H11ClN4O3S. The van der Waals surface area contributed by atoms with E-state index in [4.69, 9.17) is 21.9 Å². The van der Waals surface area contributed by atoms with E-state index in [9.17, 15) is 8.42 Å². The van der Waals surface area contributed by atoms with Crippen molar-refractivity contribution in [2.45, 2.75) is 11.3 Å². The Kier molecular flexibility index (Phi) is 4.03. The number of sulfonamides is 1. The van der Waals surface area contributed by atoms with Crippen molar-refractivity contribution in [3.63, 3.8) is 0 Å². The Hall–Kier alpha value is -1.64. The summed E-state index contributed by atoms with van der Waals surface area (Å²) in [6.07, 6.45) is 1.55. The van der Waals surface area contributed by atoms with Gasteiger partial charge in [-0.2, -0.15) is 4.98 Å². The van der Waals surface area contributed by atoms with Crippen LogP contribution >= 0.6 is 11.6 Å². The van der Waals surface area contributed by atoms with Gasteiger partial charge in [-0.3, -0.25) is 0 Å². The van der Waals surface area contributed by atoms with Crippen LogP contribution in [0.5, 0.6) is 0 Å². The standard InChI is InChI=1S/C10H11ClN4O3S/c11-7-1-2-9(8(12)5-7)19(16,17)15-4-3-10-13-6-14-18-10/h1-2,5-6,15H,3-4,12H2. The lowest BCUT2D eigenvalue weighted by atomic mass is 10.3. The largest absolute Gasteiger partial charge is 0.398 e. The van der Waals surface area contributed by atoms with Crippen molar-refractivity contribution in [3.05, 3.63) is 35.4 Å². The highest BCUT2D eigenvalue weighted by molar-refractivity contribution is 7.89. The molecular weight excluding hydrogens is 292 g/mol. The van der Waals surface area contributed by atoms with E-state index < -0.39 is 10.0 Å². The number of halogens is 1. The molecule has 19 heavy (non-hydrogen) atoms. The van der Waals surface area contributed by atoms with Crippen LogP contribution in [0.2, 0.25) is 5.02 Å². The van der Waals surface area contributed by atoms with Crippen molar-refractivity contribution in [1.82, 2.24) is 14.9 Å². The molecule has 3 N–H and O–H groups in total. The summed E-state index contributed by atoms with van der Waals surface area (Å²) in [5.41, 5.74) is 5.72. The maximum atomic E-state index is 12.0. The van der Waals surface area contributed by atoms with E-state index in [1.165, 1.54) is 24.5 Å². The molecule has 0 atom stereocenters. The van der Waals surface area contributed by atoms with Gasteiger partial charge in [-0.15, -0.1) is 0 Å². The molecule has 102 valence electrons. The molecule has 0 saturated carbocycles. The highest BCUT2D eigenvalue weighted by Crippen LogP contribution is 2.22. The average molecular weight is 303 g/mol. The van der Waals surface area contributed by atoms with Gasteiger partial charge in [-0.25, -0.2) is 13.1 Å². The number of nitrogens with two attached hydrogens (primary N) is 1. The number of rotatable bonds is 5. The van der Waals surface area contributed by atoms with Gasteiger partial charge in [0.05, 0.1) is 5.69 Å². The van der Waals surface area contributed by atoms with Crippen molar-refractivity contribution < 1.29 is 12.9 Å². The van der Waals surface area contributed by atoms with E-state index >= 15 is 0 Å². The number of anilines is 1. The van der Waals surface area contributed by atoms with Gasteiger partial charge in [0.15, 0.2) is 6.33 Å². The lowest BCUT2D eigenvalue weighted by molar-refractivity contribution is 0.377. The average Bonchev–Trinajstić information content (AvgIpc) is 2.81. The first kappa shape index (κ1) is 13.8. The van der Waals surface area contributed by atoms with Crippen LogP contribution in [-0.2, 0) is 16.4 Å². The molecule has 0 bridgehead atoms. The van der Waals surface area contributed by atoms with Crippen LogP contribution in [0, 0.1) is 0 Å².